The summed E-state index contributed by atoms with van der Waals surface area (Å²) in [6.07, 6.45) is 0. The molecule has 4 nitrogen and oxygen atoms in total. The largest absolute Gasteiger partial charge is 0.394 e. The Labute approximate surface area is 77.7 Å². The van der Waals surface area contributed by atoms with Crippen LogP contribution in [0.3, 0.4) is 0 Å². The van der Waals surface area contributed by atoms with Gasteiger partial charge in [0.15, 0.2) is 0 Å². The van der Waals surface area contributed by atoms with Crippen LogP contribution in [0.15, 0.2) is 0 Å². The predicted octanol–water partition coefficient (Wildman–Crippen LogP) is -0.660. The SMILES string of the molecule is O=S(=O)(O)O.[Co].[Co].[Ni]. The molecule has 2 N–H and O–H groups in total. The molecule has 0 aliphatic carbocycles. The zero-order chi connectivity index (χ0) is 4.50. The molecule has 0 unspecified atom stereocenters. The molecule has 0 aliphatic rings. The molecule has 0 aromatic heterocycles. The molecule has 0 saturated heterocycles. The molecule has 0 aliphatic heterocycles. The first-order valence-electron chi connectivity index (χ1n) is 0.698. The van der Waals surface area contributed by atoms with Gasteiger partial charge in [0.05, 0.1) is 0 Å². The summed E-state index contributed by atoms with van der Waals surface area (Å²) in [5.41, 5.74) is 0. The van der Waals surface area contributed by atoms with Crippen molar-refractivity contribution in [2.75, 3.05) is 0 Å². The van der Waals surface area contributed by atoms with E-state index in [0.29, 0.717) is 0 Å². The first kappa shape index (κ1) is 22.8. The van der Waals surface area contributed by atoms with E-state index in [4.69, 9.17) is 17.5 Å². The Bertz CT molecular complexity index is 97.2. The van der Waals surface area contributed by atoms with Crippen molar-refractivity contribution in [3.63, 3.8) is 0 Å². The fourth-order valence-corrected chi connectivity index (χ4v) is 0. The second kappa shape index (κ2) is 8.38. The third kappa shape index (κ3) is 158. The van der Waals surface area contributed by atoms with Gasteiger partial charge < -0.3 is 0 Å². The molecule has 0 aromatic carbocycles. The van der Waals surface area contributed by atoms with Gasteiger partial charge in [0, 0.05) is 50.0 Å². The van der Waals surface area contributed by atoms with Gasteiger partial charge in [0.1, 0.15) is 0 Å². The Morgan fingerprint density at radius 2 is 1.00 bits per heavy atom. The predicted molar refractivity (Wildman–Crippen MR) is 14.2 cm³/mol. The van der Waals surface area contributed by atoms with Crippen LogP contribution in [0.1, 0.15) is 0 Å². The van der Waals surface area contributed by atoms with Gasteiger partial charge in [-0.3, -0.25) is 9.11 Å². The summed E-state index contributed by atoms with van der Waals surface area (Å²) in [5, 5.41) is 0. The fraction of sp³-hybridized carbons (Fsp3) is 0. The van der Waals surface area contributed by atoms with E-state index in [2.05, 4.69) is 0 Å². The molecular weight excluding hydrogens is 273 g/mol. The van der Waals surface area contributed by atoms with E-state index in [1.807, 2.05) is 0 Å². The van der Waals surface area contributed by atoms with Crippen LogP contribution in [-0.2, 0) is 60.4 Å². The first-order chi connectivity index (χ1) is 2.00. The van der Waals surface area contributed by atoms with Crippen LogP contribution in [0.4, 0.5) is 0 Å². The van der Waals surface area contributed by atoms with Crippen molar-refractivity contribution in [1.29, 1.82) is 0 Å². The van der Waals surface area contributed by atoms with E-state index < -0.39 is 10.4 Å². The van der Waals surface area contributed by atoms with Crippen LogP contribution >= 0.6 is 0 Å². The Morgan fingerprint density at radius 3 is 1.00 bits per heavy atom. The van der Waals surface area contributed by atoms with Gasteiger partial charge >= 0.3 is 10.4 Å². The summed E-state index contributed by atoms with van der Waals surface area (Å²) >= 11 is 0. The van der Waals surface area contributed by atoms with Crippen molar-refractivity contribution >= 4 is 10.4 Å². The molecule has 0 amide bonds. The second-order valence-corrected chi connectivity index (χ2v) is 1.34. The normalized spacial score (nSPS) is 7.25. The van der Waals surface area contributed by atoms with Gasteiger partial charge in [-0.25, -0.2) is 0 Å². The van der Waals surface area contributed by atoms with Gasteiger partial charge in [0.25, 0.3) is 0 Å². The maximum atomic E-state index is 8.74. The van der Waals surface area contributed by atoms with Crippen molar-refractivity contribution in [3.8, 4) is 0 Å². The minimum absolute atomic E-state index is 0. The smallest absolute Gasteiger partial charge is 0.264 e. The summed E-state index contributed by atoms with van der Waals surface area (Å²) in [6, 6.07) is 0. The fourth-order valence-electron chi connectivity index (χ4n) is 0. The zero-order valence-corrected chi connectivity index (χ0v) is 6.99. The Hall–Kier alpha value is 1.38. The van der Waals surface area contributed by atoms with Crippen molar-refractivity contribution in [3.05, 3.63) is 0 Å². The molecule has 0 heterocycles. The summed E-state index contributed by atoms with van der Waals surface area (Å²) in [6.45, 7) is 0. The third-order valence-electron chi connectivity index (χ3n) is 0. The molecule has 0 atom stereocenters. The first-order valence-corrected chi connectivity index (χ1v) is 2.10. The summed E-state index contributed by atoms with van der Waals surface area (Å²) in [4.78, 5) is 0. The maximum Gasteiger partial charge on any atom is 0.394 e. The molecule has 0 saturated carbocycles. The third-order valence-corrected chi connectivity index (χ3v) is 0. The number of hydrogen-bond acceptors (Lipinski definition) is 2. The summed E-state index contributed by atoms with van der Waals surface area (Å²) in [7, 11) is -4.67. The summed E-state index contributed by atoms with van der Waals surface area (Å²) < 4.78 is 31.6. The van der Waals surface area contributed by atoms with Gasteiger partial charge in [-0.15, -0.1) is 0 Å². The van der Waals surface area contributed by atoms with Gasteiger partial charge in [-0.1, -0.05) is 0 Å². The van der Waals surface area contributed by atoms with E-state index in [0.717, 1.165) is 0 Å². The van der Waals surface area contributed by atoms with Crippen LogP contribution in [-0.4, -0.2) is 17.5 Å². The molecule has 8 heavy (non-hydrogen) atoms. The molecule has 0 bridgehead atoms. The Kier molecular flexibility index (Phi) is 23.8. The van der Waals surface area contributed by atoms with Gasteiger partial charge in [0.2, 0.25) is 0 Å². The summed E-state index contributed by atoms with van der Waals surface area (Å²) in [5.74, 6) is 0. The van der Waals surface area contributed by atoms with Crippen LogP contribution in [0.5, 0.6) is 0 Å². The van der Waals surface area contributed by atoms with Crippen LogP contribution in [0, 0.1) is 0 Å². The van der Waals surface area contributed by atoms with Crippen molar-refractivity contribution in [2.24, 2.45) is 0 Å². The van der Waals surface area contributed by atoms with Crippen LogP contribution in [0.25, 0.3) is 0 Å². The standard InChI is InChI=1S/2Co.Ni.H2O4S/c;;;1-5(2,3)4/h;;;(H2,1,2,3,4). The van der Waals surface area contributed by atoms with Gasteiger partial charge in [-0.2, -0.15) is 8.42 Å². The molecule has 0 fully saturated rings. The second-order valence-electron chi connectivity index (χ2n) is 0.448. The molecule has 0 aromatic rings. The van der Waals surface area contributed by atoms with Crippen molar-refractivity contribution < 1.29 is 67.6 Å². The minimum atomic E-state index is -4.67. The molecule has 8 heteroatoms. The van der Waals surface area contributed by atoms with E-state index in [9.17, 15) is 0 Å². The molecule has 0 rings (SSSR count). The molecule has 0 spiro atoms. The van der Waals surface area contributed by atoms with Crippen molar-refractivity contribution in [2.45, 2.75) is 0 Å². The van der Waals surface area contributed by atoms with E-state index in [1.165, 1.54) is 0 Å². The number of rotatable bonds is 0. The Balaban J connectivity index is -0.0000000267. The average molecular weight is 275 g/mol. The number of hydrogen-bond donors (Lipinski definition) is 2. The average Bonchev–Trinajstić information content (AvgIpc) is 0.722. The monoisotopic (exact) mass is 274 g/mol. The molecule has 2 radical (unpaired) electrons. The molecule has 60 valence electrons. The van der Waals surface area contributed by atoms with Crippen molar-refractivity contribution in [1.82, 2.24) is 0 Å². The van der Waals surface area contributed by atoms with E-state index in [-0.39, 0.29) is 50.0 Å². The maximum absolute atomic E-state index is 8.74. The van der Waals surface area contributed by atoms with Crippen LogP contribution in [0.2, 0.25) is 0 Å². The Morgan fingerprint density at radius 1 is 1.00 bits per heavy atom. The van der Waals surface area contributed by atoms with E-state index >= 15 is 0 Å². The van der Waals surface area contributed by atoms with Gasteiger partial charge in [-0.05, 0) is 0 Å². The molecular formula is H2Co2NiO4S. The van der Waals surface area contributed by atoms with E-state index in [1.54, 1.807) is 0 Å². The quantitative estimate of drug-likeness (QED) is 0.454. The van der Waals surface area contributed by atoms with Crippen LogP contribution < -0.4 is 0 Å². The topological polar surface area (TPSA) is 74.6 Å². The minimum Gasteiger partial charge on any atom is -0.264 e. The zero-order valence-electron chi connectivity index (χ0n) is 3.10.